The number of carbonyl (C=O) groups excluding carboxylic acids is 1. The number of Topliss-reactive ketones (excluding diaryl/α,β-unsaturated/α-hetero) is 1. The second-order valence-electron chi connectivity index (χ2n) is 3.30. The zero-order valence-corrected chi connectivity index (χ0v) is 7.99. The van der Waals surface area contributed by atoms with Crippen molar-refractivity contribution in [1.82, 2.24) is 0 Å². The van der Waals surface area contributed by atoms with Crippen LogP contribution in [0.25, 0.3) is 0 Å². The predicted molar refractivity (Wildman–Crippen MR) is 52.4 cm³/mol. The van der Waals surface area contributed by atoms with Gasteiger partial charge in [-0.25, -0.2) is 0 Å². The standard InChI is InChI=1S/C11H16O2/c1-2-3-4-5-6-9-7-10(12)8-11(9)13/h3-4,7,10,12H,2,5-6,8H2,1H3/b4-3-. The Morgan fingerprint density at radius 2 is 2.38 bits per heavy atom. The minimum atomic E-state index is -0.530. The quantitative estimate of drug-likeness (QED) is 0.672. The molecule has 0 radical (unpaired) electrons. The van der Waals surface area contributed by atoms with E-state index < -0.39 is 6.10 Å². The molecule has 1 unspecified atom stereocenters. The summed E-state index contributed by atoms with van der Waals surface area (Å²) in [5.41, 5.74) is 0.799. The van der Waals surface area contributed by atoms with Gasteiger partial charge in [0.05, 0.1) is 6.10 Å². The van der Waals surface area contributed by atoms with E-state index in [-0.39, 0.29) is 12.2 Å². The van der Waals surface area contributed by atoms with Crippen LogP contribution in [0.15, 0.2) is 23.8 Å². The number of hydrogen-bond donors (Lipinski definition) is 1. The molecule has 1 aliphatic rings. The molecule has 0 saturated carbocycles. The smallest absolute Gasteiger partial charge is 0.161 e. The van der Waals surface area contributed by atoms with Gasteiger partial charge in [-0.1, -0.05) is 19.1 Å². The molecule has 13 heavy (non-hydrogen) atoms. The number of aliphatic hydroxyl groups is 1. The fourth-order valence-corrected chi connectivity index (χ4v) is 1.45. The highest BCUT2D eigenvalue weighted by Gasteiger charge is 2.20. The summed E-state index contributed by atoms with van der Waals surface area (Å²) in [5, 5.41) is 9.16. The summed E-state index contributed by atoms with van der Waals surface area (Å²) in [6.07, 6.45) is 8.32. The highest BCUT2D eigenvalue weighted by molar-refractivity contribution is 5.98. The van der Waals surface area contributed by atoms with E-state index in [0.717, 1.165) is 24.8 Å². The molecule has 0 fully saturated rings. The molecule has 1 atom stereocenters. The fraction of sp³-hybridized carbons (Fsp3) is 0.545. The topological polar surface area (TPSA) is 37.3 Å². The van der Waals surface area contributed by atoms with Gasteiger partial charge >= 0.3 is 0 Å². The maximum atomic E-state index is 11.2. The SMILES string of the molecule is CC/C=C\CCC1=CC(O)CC1=O. The third kappa shape index (κ3) is 3.15. The Labute approximate surface area is 79.0 Å². The molecule has 72 valence electrons. The number of ketones is 1. The molecule has 0 aromatic carbocycles. The maximum Gasteiger partial charge on any atom is 0.161 e. The zero-order valence-electron chi connectivity index (χ0n) is 7.99. The molecule has 0 aliphatic heterocycles. The van der Waals surface area contributed by atoms with Gasteiger partial charge in [-0.3, -0.25) is 4.79 Å². The molecule has 0 heterocycles. The van der Waals surface area contributed by atoms with E-state index in [0.29, 0.717) is 0 Å². The first-order valence-corrected chi connectivity index (χ1v) is 4.81. The number of allylic oxidation sites excluding steroid dienone is 3. The minimum Gasteiger partial charge on any atom is -0.389 e. The van der Waals surface area contributed by atoms with E-state index in [1.807, 2.05) is 0 Å². The average molecular weight is 180 g/mol. The molecule has 0 amide bonds. The van der Waals surface area contributed by atoms with Gasteiger partial charge in [-0.2, -0.15) is 0 Å². The lowest BCUT2D eigenvalue weighted by Gasteiger charge is -1.95. The summed E-state index contributed by atoms with van der Waals surface area (Å²) in [6.45, 7) is 2.08. The van der Waals surface area contributed by atoms with Gasteiger partial charge < -0.3 is 5.11 Å². The Morgan fingerprint density at radius 1 is 1.62 bits per heavy atom. The minimum absolute atomic E-state index is 0.109. The van der Waals surface area contributed by atoms with Crippen molar-refractivity contribution in [3.05, 3.63) is 23.8 Å². The largest absolute Gasteiger partial charge is 0.389 e. The van der Waals surface area contributed by atoms with Gasteiger partial charge in [-0.05, 0) is 30.9 Å². The molecule has 0 saturated heterocycles. The Bertz CT molecular complexity index is 238. The first-order chi connectivity index (χ1) is 6.24. The van der Waals surface area contributed by atoms with E-state index in [2.05, 4.69) is 19.1 Å². The Morgan fingerprint density at radius 3 is 2.92 bits per heavy atom. The molecule has 0 spiro atoms. The van der Waals surface area contributed by atoms with Crippen molar-refractivity contribution in [2.75, 3.05) is 0 Å². The van der Waals surface area contributed by atoms with Crippen LogP contribution < -0.4 is 0 Å². The second-order valence-corrected chi connectivity index (χ2v) is 3.30. The van der Waals surface area contributed by atoms with Crippen LogP contribution >= 0.6 is 0 Å². The summed E-state index contributed by atoms with van der Waals surface area (Å²) in [5.74, 6) is 0.109. The fourth-order valence-electron chi connectivity index (χ4n) is 1.45. The van der Waals surface area contributed by atoms with Crippen LogP contribution in [-0.4, -0.2) is 17.0 Å². The van der Waals surface area contributed by atoms with Crippen molar-refractivity contribution in [2.45, 2.75) is 38.7 Å². The summed E-state index contributed by atoms with van der Waals surface area (Å²) in [4.78, 5) is 11.2. The number of rotatable bonds is 4. The van der Waals surface area contributed by atoms with Crippen molar-refractivity contribution in [1.29, 1.82) is 0 Å². The van der Waals surface area contributed by atoms with Crippen molar-refractivity contribution in [3.63, 3.8) is 0 Å². The van der Waals surface area contributed by atoms with Gasteiger partial charge in [0, 0.05) is 6.42 Å². The van der Waals surface area contributed by atoms with Gasteiger partial charge in [0.2, 0.25) is 0 Å². The number of carbonyl (C=O) groups is 1. The third-order valence-corrected chi connectivity index (χ3v) is 2.13. The van der Waals surface area contributed by atoms with Crippen LogP contribution in [0.5, 0.6) is 0 Å². The molecule has 0 bridgehead atoms. The van der Waals surface area contributed by atoms with Crippen molar-refractivity contribution in [2.24, 2.45) is 0 Å². The maximum absolute atomic E-state index is 11.2. The van der Waals surface area contributed by atoms with E-state index in [1.54, 1.807) is 6.08 Å². The van der Waals surface area contributed by atoms with Crippen LogP contribution in [0.1, 0.15) is 32.6 Å². The Hall–Kier alpha value is -0.890. The number of aliphatic hydroxyl groups excluding tert-OH is 1. The lowest BCUT2D eigenvalue weighted by molar-refractivity contribution is -0.115. The predicted octanol–water partition coefficient (Wildman–Crippen LogP) is 1.99. The zero-order chi connectivity index (χ0) is 9.68. The molecular formula is C11H16O2. The second kappa shape index (κ2) is 4.97. The molecule has 1 rings (SSSR count). The Kier molecular flexibility index (Phi) is 3.90. The van der Waals surface area contributed by atoms with Crippen LogP contribution in [0.4, 0.5) is 0 Å². The van der Waals surface area contributed by atoms with Gasteiger partial charge in [0.25, 0.3) is 0 Å². The first kappa shape index (κ1) is 10.2. The van der Waals surface area contributed by atoms with Gasteiger partial charge in [-0.15, -0.1) is 0 Å². The van der Waals surface area contributed by atoms with E-state index in [9.17, 15) is 4.79 Å². The molecule has 2 nitrogen and oxygen atoms in total. The summed E-state index contributed by atoms with van der Waals surface area (Å²) < 4.78 is 0. The molecule has 0 aromatic heterocycles. The van der Waals surface area contributed by atoms with Crippen molar-refractivity contribution in [3.8, 4) is 0 Å². The van der Waals surface area contributed by atoms with Crippen molar-refractivity contribution >= 4 is 5.78 Å². The van der Waals surface area contributed by atoms with Crippen LogP contribution in [0.2, 0.25) is 0 Å². The van der Waals surface area contributed by atoms with E-state index in [1.165, 1.54) is 0 Å². The summed E-state index contributed by atoms with van der Waals surface area (Å²) in [6, 6.07) is 0. The average Bonchev–Trinajstić information content (AvgIpc) is 2.39. The highest BCUT2D eigenvalue weighted by atomic mass is 16.3. The highest BCUT2D eigenvalue weighted by Crippen LogP contribution is 2.19. The molecule has 2 heteroatoms. The monoisotopic (exact) mass is 180 g/mol. The molecule has 1 N–H and O–H groups in total. The normalized spacial score (nSPS) is 22.8. The first-order valence-electron chi connectivity index (χ1n) is 4.81. The van der Waals surface area contributed by atoms with Crippen LogP contribution in [0, 0.1) is 0 Å². The lowest BCUT2D eigenvalue weighted by Crippen LogP contribution is -2.01. The van der Waals surface area contributed by atoms with Crippen molar-refractivity contribution < 1.29 is 9.90 Å². The summed E-state index contributed by atoms with van der Waals surface area (Å²) in [7, 11) is 0. The molecule has 1 aliphatic carbocycles. The third-order valence-electron chi connectivity index (χ3n) is 2.13. The van der Waals surface area contributed by atoms with E-state index >= 15 is 0 Å². The molecule has 0 aromatic rings. The lowest BCUT2D eigenvalue weighted by atomic mass is 10.1. The number of hydrogen-bond acceptors (Lipinski definition) is 2. The Balaban J connectivity index is 2.33. The van der Waals surface area contributed by atoms with Gasteiger partial charge in [0.15, 0.2) is 5.78 Å². The van der Waals surface area contributed by atoms with E-state index in [4.69, 9.17) is 5.11 Å². The molecular weight excluding hydrogens is 164 g/mol. The summed E-state index contributed by atoms with van der Waals surface area (Å²) >= 11 is 0. The van der Waals surface area contributed by atoms with Crippen LogP contribution in [-0.2, 0) is 4.79 Å². The van der Waals surface area contributed by atoms with Crippen LogP contribution in [0.3, 0.4) is 0 Å². The van der Waals surface area contributed by atoms with Gasteiger partial charge in [0.1, 0.15) is 0 Å².